The van der Waals surface area contributed by atoms with Crippen molar-refractivity contribution in [2.75, 3.05) is 23.8 Å². The van der Waals surface area contributed by atoms with Crippen LogP contribution in [0.3, 0.4) is 0 Å². The van der Waals surface area contributed by atoms with E-state index in [1.807, 2.05) is 13.0 Å². The lowest BCUT2D eigenvalue weighted by molar-refractivity contribution is 0.00446. The highest BCUT2D eigenvalue weighted by atomic mass is 32.1. The normalized spacial score (nSPS) is 26.8. The molecule has 3 heterocycles. The van der Waals surface area contributed by atoms with Crippen LogP contribution in [0.4, 0.5) is 11.8 Å². The molecule has 0 aliphatic heterocycles. The van der Waals surface area contributed by atoms with Crippen molar-refractivity contribution in [3.8, 4) is 10.6 Å². The van der Waals surface area contributed by atoms with E-state index in [0.717, 1.165) is 45.9 Å². The van der Waals surface area contributed by atoms with E-state index in [2.05, 4.69) is 45.9 Å². The van der Waals surface area contributed by atoms with Gasteiger partial charge in [0.25, 0.3) is 0 Å². The Morgan fingerprint density at radius 1 is 1.00 bits per heavy atom. The van der Waals surface area contributed by atoms with Crippen molar-refractivity contribution < 1.29 is 15.3 Å². The van der Waals surface area contributed by atoms with Gasteiger partial charge >= 0.3 is 0 Å². The van der Waals surface area contributed by atoms with Crippen molar-refractivity contribution in [3.05, 3.63) is 60.0 Å². The van der Waals surface area contributed by atoms with Gasteiger partial charge in [-0.25, -0.2) is 9.97 Å². The molecule has 3 aromatic heterocycles. The van der Waals surface area contributed by atoms with E-state index >= 15 is 0 Å². The molecular formula is C28H32N6O3S. The number of fused-ring (bicyclic) bond motifs is 1. The van der Waals surface area contributed by atoms with Crippen LogP contribution >= 0.6 is 11.3 Å². The second-order valence-corrected chi connectivity index (χ2v) is 11.5. The number of hydrogen-bond donors (Lipinski definition) is 5. The first-order valence-corrected chi connectivity index (χ1v) is 13.9. The van der Waals surface area contributed by atoms with Crippen LogP contribution < -0.4 is 10.6 Å². The maximum atomic E-state index is 10.7. The number of hydrogen-bond acceptors (Lipinski definition) is 10. The Balaban J connectivity index is 1.24. The largest absolute Gasteiger partial charge is 0.396 e. The smallest absolute Gasteiger partial charge is 0.224 e. The summed E-state index contributed by atoms with van der Waals surface area (Å²) in [5, 5.41) is 38.2. The van der Waals surface area contributed by atoms with Crippen LogP contribution in [0.25, 0.3) is 20.8 Å². The number of nitrogens with zero attached hydrogens (tertiary/aromatic N) is 4. The van der Waals surface area contributed by atoms with Gasteiger partial charge in [0.15, 0.2) is 0 Å². The molecule has 1 aromatic carbocycles. The molecule has 1 unspecified atom stereocenters. The minimum Gasteiger partial charge on any atom is -0.396 e. The van der Waals surface area contributed by atoms with E-state index in [9.17, 15) is 15.3 Å². The fourth-order valence-corrected chi connectivity index (χ4v) is 6.69. The molecule has 38 heavy (non-hydrogen) atoms. The Morgan fingerprint density at radius 2 is 1.82 bits per heavy atom. The average molecular weight is 533 g/mol. The lowest BCUT2D eigenvalue weighted by Crippen LogP contribution is -2.36. The topological polar surface area (TPSA) is 136 Å². The lowest BCUT2D eigenvalue weighted by Gasteiger charge is -2.35. The Labute approximate surface area is 225 Å². The van der Waals surface area contributed by atoms with Crippen LogP contribution in [-0.2, 0) is 0 Å². The van der Waals surface area contributed by atoms with Crippen LogP contribution in [0.2, 0.25) is 0 Å². The van der Waals surface area contributed by atoms with E-state index in [-0.39, 0.29) is 6.61 Å². The molecule has 2 aliphatic carbocycles. The molecule has 2 aliphatic rings. The highest BCUT2D eigenvalue weighted by Gasteiger charge is 2.41. The Morgan fingerprint density at radius 3 is 2.55 bits per heavy atom. The molecule has 9 nitrogen and oxygen atoms in total. The van der Waals surface area contributed by atoms with E-state index in [0.29, 0.717) is 30.0 Å². The van der Waals surface area contributed by atoms with Gasteiger partial charge in [0.2, 0.25) is 5.95 Å². The monoisotopic (exact) mass is 532 g/mol. The van der Waals surface area contributed by atoms with Crippen molar-refractivity contribution in [2.24, 2.45) is 11.8 Å². The van der Waals surface area contributed by atoms with Gasteiger partial charge in [0.05, 0.1) is 34.3 Å². The first-order chi connectivity index (χ1) is 18.5. The number of rotatable bonds is 8. The standard InChI is InChI=1S/C28H32N6O3S/c1-15-23(27-33-21-13-29-8-7-22(21)38-27)26(32-20-11-19(14-35)24(36)25(20)37)34-28(31-15)30-12-16-9-18(10-16)17-5-3-2-4-6-17/h2-8,13,16,18-20,24-25,35-37H,9-12,14H2,1H3,(H2,30,31,32,34)/t16-,18+,19-,20?,24-,25+/m1/s1. The number of benzene rings is 1. The van der Waals surface area contributed by atoms with Gasteiger partial charge in [-0.05, 0) is 49.7 Å². The number of aryl methyl sites for hydroxylation is 1. The van der Waals surface area contributed by atoms with Gasteiger partial charge in [0.1, 0.15) is 22.4 Å². The predicted octanol–water partition coefficient (Wildman–Crippen LogP) is 3.58. The van der Waals surface area contributed by atoms with E-state index in [1.165, 1.54) is 16.9 Å². The molecule has 2 saturated carbocycles. The van der Waals surface area contributed by atoms with Crippen LogP contribution in [0.1, 0.15) is 36.4 Å². The van der Waals surface area contributed by atoms with Gasteiger partial charge in [0, 0.05) is 25.3 Å². The molecule has 4 aromatic rings. The SMILES string of the molecule is Cc1nc(NC[C@H]2C[C@@H](c3ccccc3)C2)nc(NC2C[C@H](CO)[C@@H](O)[C@H]2O)c1-c1nc2cnccc2s1. The number of anilines is 2. The predicted molar refractivity (Wildman–Crippen MR) is 148 cm³/mol. The summed E-state index contributed by atoms with van der Waals surface area (Å²) in [6, 6.07) is 12.1. The number of thiazole rings is 1. The molecule has 5 N–H and O–H groups in total. The summed E-state index contributed by atoms with van der Waals surface area (Å²) in [5.74, 6) is 1.84. The summed E-state index contributed by atoms with van der Waals surface area (Å²) in [5.41, 5.74) is 3.73. The second kappa shape index (κ2) is 10.5. The minimum atomic E-state index is -1.02. The molecule has 4 atom stereocenters. The maximum absolute atomic E-state index is 10.7. The Hall–Kier alpha value is -3.18. The average Bonchev–Trinajstić information content (AvgIpc) is 3.44. The summed E-state index contributed by atoms with van der Waals surface area (Å²) >= 11 is 1.53. The second-order valence-electron chi connectivity index (χ2n) is 10.5. The zero-order chi connectivity index (χ0) is 26.2. The molecule has 0 amide bonds. The third-order valence-electron chi connectivity index (χ3n) is 7.91. The van der Waals surface area contributed by atoms with Crippen molar-refractivity contribution in [1.82, 2.24) is 19.9 Å². The van der Waals surface area contributed by atoms with Gasteiger partial charge < -0.3 is 26.0 Å². The Kier molecular flexibility index (Phi) is 6.96. The van der Waals surface area contributed by atoms with Gasteiger partial charge in [-0.3, -0.25) is 4.98 Å². The van der Waals surface area contributed by atoms with Gasteiger partial charge in [-0.2, -0.15) is 4.98 Å². The van der Waals surface area contributed by atoms with Crippen LogP contribution in [-0.4, -0.2) is 66.7 Å². The number of aliphatic hydroxyl groups is 3. The highest BCUT2D eigenvalue weighted by molar-refractivity contribution is 7.21. The van der Waals surface area contributed by atoms with Crippen molar-refractivity contribution in [2.45, 2.75) is 50.4 Å². The van der Waals surface area contributed by atoms with Crippen LogP contribution in [0, 0.1) is 18.8 Å². The van der Waals surface area contributed by atoms with Crippen molar-refractivity contribution in [3.63, 3.8) is 0 Å². The van der Waals surface area contributed by atoms with Crippen LogP contribution in [0.15, 0.2) is 48.8 Å². The van der Waals surface area contributed by atoms with Crippen LogP contribution in [0.5, 0.6) is 0 Å². The first-order valence-electron chi connectivity index (χ1n) is 13.1. The summed E-state index contributed by atoms with van der Waals surface area (Å²) in [4.78, 5) is 18.5. The lowest BCUT2D eigenvalue weighted by atomic mass is 9.71. The number of aromatic nitrogens is 4. The molecule has 0 bridgehead atoms. The third-order valence-corrected chi connectivity index (χ3v) is 8.96. The molecule has 0 saturated heterocycles. The molecule has 198 valence electrons. The number of aliphatic hydroxyl groups excluding tert-OH is 3. The van der Waals surface area contributed by atoms with Crippen molar-refractivity contribution in [1.29, 1.82) is 0 Å². The summed E-state index contributed by atoms with van der Waals surface area (Å²) in [6.45, 7) is 2.53. The zero-order valence-corrected chi connectivity index (χ0v) is 22.0. The molecule has 2 fully saturated rings. The molecule has 10 heteroatoms. The fraction of sp³-hybridized carbons (Fsp3) is 0.429. The van der Waals surface area contributed by atoms with Crippen molar-refractivity contribution >= 4 is 33.3 Å². The fourth-order valence-electron chi connectivity index (χ4n) is 5.66. The molecule has 0 spiro atoms. The van der Waals surface area contributed by atoms with E-state index in [1.54, 1.807) is 12.4 Å². The quantitative estimate of drug-likeness (QED) is 0.231. The van der Waals surface area contributed by atoms with E-state index in [4.69, 9.17) is 15.0 Å². The molecule has 6 rings (SSSR count). The maximum Gasteiger partial charge on any atom is 0.224 e. The highest BCUT2D eigenvalue weighted by Crippen LogP contribution is 2.42. The molecule has 0 radical (unpaired) electrons. The van der Waals surface area contributed by atoms with E-state index < -0.39 is 24.2 Å². The van der Waals surface area contributed by atoms with Gasteiger partial charge in [-0.1, -0.05) is 30.3 Å². The summed E-state index contributed by atoms with van der Waals surface area (Å²) in [6.07, 6.45) is 4.16. The number of pyridine rings is 1. The first kappa shape index (κ1) is 25.1. The third kappa shape index (κ3) is 4.84. The van der Waals surface area contributed by atoms with Gasteiger partial charge in [-0.15, -0.1) is 11.3 Å². The number of nitrogens with one attached hydrogen (secondary N) is 2. The molecular weight excluding hydrogens is 500 g/mol. The minimum absolute atomic E-state index is 0.185. The zero-order valence-electron chi connectivity index (χ0n) is 21.2. The Bertz CT molecular complexity index is 1380. The summed E-state index contributed by atoms with van der Waals surface area (Å²) < 4.78 is 1.01. The summed E-state index contributed by atoms with van der Waals surface area (Å²) in [7, 11) is 0.